The maximum atomic E-state index is 12.0. The number of ether oxygens (including phenoxy) is 1. The first-order valence-electron chi connectivity index (χ1n) is 7.29. The number of hydrogen-bond donors (Lipinski definition) is 2. The molecule has 108 valence electrons. The first-order chi connectivity index (χ1) is 9.22. The molecule has 2 unspecified atom stereocenters. The van der Waals surface area contributed by atoms with Crippen LogP contribution in [0, 0.1) is 11.8 Å². The van der Waals surface area contributed by atoms with E-state index in [0.717, 1.165) is 12.8 Å². The van der Waals surface area contributed by atoms with Crippen LogP contribution in [0.4, 0.5) is 0 Å². The van der Waals surface area contributed by atoms with Gasteiger partial charge in [0, 0.05) is 19.7 Å². The van der Waals surface area contributed by atoms with Gasteiger partial charge in [0.15, 0.2) is 0 Å². The molecule has 5 nitrogen and oxygen atoms in total. The summed E-state index contributed by atoms with van der Waals surface area (Å²) in [6.45, 7) is 1.03. The normalized spacial score (nSPS) is 26.8. The highest BCUT2D eigenvalue weighted by atomic mass is 16.5. The summed E-state index contributed by atoms with van der Waals surface area (Å²) in [4.78, 5) is 23.7. The Morgan fingerprint density at radius 2 is 1.79 bits per heavy atom. The summed E-state index contributed by atoms with van der Waals surface area (Å²) >= 11 is 0. The molecule has 0 bridgehead atoms. The summed E-state index contributed by atoms with van der Waals surface area (Å²) in [7, 11) is 1.60. The molecule has 2 aliphatic rings. The SMILES string of the molecule is COCCNC(=O)C1CC1C(=O)NC1CCCCC1. The number of amides is 2. The predicted molar refractivity (Wildman–Crippen MR) is 71.5 cm³/mol. The van der Waals surface area contributed by atoms with Crippen LogP contribution in [0.1, 0.15) is 38.5 Å². The van der Waals surface area contributed by atoms with Crippen molar-refractivity contribution >= 4 is 11.8 Å². The Morgan fingerprint density at radius 1 is 1.11 bits per heavy atom. The van der Waals surface area contributed by atoms with Crippen molar-refractivity contribution in [3.8, 4) is 0 Å². The zero-order chi connectivity index (χ0) is 13.7. The lowest BCUT2D eigenvalue weighted by Gasteiger charge is -2.22. The summed E-state index contributed by atoms with van der Waals surface area (Å²) in [6.07, 6.45) is 6.55. The number of hydrogen-bond acceptors (Lipinski definition) is 3. The maximum absolute atomic E-state index is 12.0. The molecule has 2 N–H and O–H groups in total. The van der Waals surface area contributed by atoms with Gasteiger partial charge in [-0.3, -0.25) is 9.59 Å². The molecule has 2 saturated carbocycles. The van der Waals surface area contributed by atoms with Crippen molar-refractivity contribution in [2.45, 2.75) is 44.6 Å². The van der Waals surface area contributed by atoms with E-state index in [4.69, 9.17) is 4.74 Å². The molecular formula is C14H24N2O3. The van der Waals surface area contributed by atoms with E-state index in [0.29, 0.717) is 25.6 Å². The third-order valence-electron chi connectivity index (χ3n) is 4.02. The molecule has 0 radical (unpaired) electrons. The van der Waals surface area contributed by atoms with Gasteiger partial charge in [0.1, 0.15) is 0 Å². The Hall–Kier alpha value is -1.10. The van der Waals surface area contributed by atoms with E-state index in [1.807, 2.05) is 0 Å². The minimum atomic E-state index is -0.125. The Bertz CT molecular complexity index is 327. The van der Waals surface area contributed by atoms with E-state index < -0.39 is 0 Å². The van der Waals surface area contributed by atoms with Crippen LogP contribution in [0.5, 0.6) is 0 Å². The fourth-order valence-electron chi connectivity index (χ4n) is 2.74. The molecule has 0 heterocycles. The summed E-state index contributed by atoms with van der Waals surface area (Å²) in [5.41, 5.74) is 0. The van der Waals surface area contributed by atoms with Crippen LogP contribution in [0.3, 0.4) is 0 Å². The summed E-state index contributed by atoms with van der Waals surface area (Å²) in [5.74, 6) is -0.176. The second kappa shape index (κ2) is 6.89. The second-order valence-corrected chi connectivity index (χ2v) is 5.58. The monoisotopic (exact) mass is 268 g/mol. The van der Waals surface area contributed by atoms with Gasteiger partial charge in [-0.2, -0.15) is 0 Å². The van der Waals surface area contributed by atoms with Gasteiger partial charge in [-0.15, -0.1) is 0 Å². The number of nitrogens with one attached hydrogen (secondary N) is 2. The van der Waals surface area contributed by atoms with Gasteiger partial charge in [0.25, 0.3) is 0 Å². The van der Waals surface area contributed by atoms with Gasteiger partial charge >= 0.3 is 0 Å². The summed E-state index contributed by atoms with van der Waals surface area (Å²) in [6, 6.07) is 0.332. The van der Waals surface area contributed by atoms with Crippen molar-refractivity contribution in [1.82, 2.24) is 10.6 Å². The summed E-state index contributed by atoms with van der Waals surface area (Å²) in [5, 5.41) is 5.88. The first-order valence-corrected chi connectivity index (χ1v) is 7.29. The molecule has 0 aromatic heterocycles. The van der Waals surface area contributed by atoms with E-state index in [2.05, 4.69) is 10.6 Å². The van der Waals surface area contributed by atoms with Crippen molar-refractivity contribution in [2.24, 2.45) is 11.8 Å². The molecule has 2 rings (SSSR count). The number of rotatable bonds is 6. The van der Waals surface area contributed by atoms with Crippen molar-refractivity contribution in [3.05, 3.63) is 0 Å². The van der Waals surface area contributed by atoms with Gasteiger partial charge in [0.05, 0.1) is 18.4 Å². The van der Waals surface area contributed by atoms with Crippen LogP contribution in [0.15, 0.2) is 0 Å². The van der Waals surface area contributed by atoms with Crippen LogP contribution in [-0.4, -0.2) is 38.1 Å². The number of carbonyl (C=O) groups excluding carboxylic acids is 2. The molecule has 2 atom stereocenters. The van der Waals surface area contributed by atoms with Crippen molar-refractivity contribution in [2.75, 3.05) is 20.3 Å². The highest BCUT2D eigenvalue weighted by Gasteiger charge is 2.48. The lowest BCUT2D eigenvalue weighted by molar-refractivity contribution is -0.127. The summed E-state index contributed by atoms with van der Waals surface area (Å²) < 4.78 is 4.87. The molecule has 0 aliphatic heterocycles. The van der Waals surface area contributed by atoms with Crippen molar-refractivity contribution < 1.29 is 14.3 Å². The third kappa shape index (κ3) is 4.20. The van der Waals surface area contributed by atoms with Crippen LogP contribution in [-0.2, 0) is 14.3 Å². The predicted octanol–water partition coefficient (Wildman–Crippen LogP) is 0.834. The highest BCUT2D eigenvalue weighted by Crippen LogP contribution is 2.39. The van der Waals surface area contributed by atoms with Crippen LogP contribution in [0.25, 0.3) is 0 Å². The first kappa shape index (κ1) is 14.3. The quantitative estimate of drug-likeness (QED) is 0.701. The molecule has 19 heavy (non-hydrogen) atoms. The molecule has 0 spiro atoms. The topological polar surface area (TPSA) is 67.4 Å². The van der Waals surface area contributed by atoms with Gasteiger partial charge in [-0.05, 0) is 19.3 Å². The highest BCUT2D eigenvalue weighted by molar-refractivity contribution is 5.92. The molecule has 2 amide bonds. The molecule has 0 aromatic carbocycles. The van der Waals surface area contributed by atoms with E-state index in [-0.39, 0.29) is 23.7 Å². The molecule has 0 saturated heterocycles. The van der Waals surface area contributed by atoms with E-state index in [1.165, 1.54) is 19.3 Å². The maximum Gasteiger partial charge on any atom is 0.224 e. The second-order valence-electron chi connectivity index (χ2n) is 5.58. The zero-order valence-electron chi connectivity index (χ0n) is 11.6. The van der Waals surface area contributed by atoms with Gasteiger partial charge in [0.2, 0.25) is 11.8 Å². The molecule has 2 fully saturated rings. The minimum Gasteiger partial charge on any atom is -0.383 e. The molecule has 0 aromatic rings. The Balaban J connectivity index is 1.66. The lowest BCUT2D eigenvalue weighted by atomic mass is 9.95. The molecular weight excluding hydrogens is 244 g/mol. The Kier molecular flexibility index (Phi) is 5.19. The minimum absolute atomic E-state index is 0.0131. The largest absolute Gasteiger partial charge is 0.383 e. The Labute approximate surface area is 114 Å². The van der Waals surface area contributed by atoms with E-state index in [9.17, 15) is 9.59 Å². The van der Waals surface area contributed by atoms with Crippen LogP contribution < -0.4 is 10.6 Å². The third-order valence-corrected chi connectivity index (χ3v) is 4.02. The van der Waals surface area contributed by atoms with Crippen LogP contribution >= 0.6 is 0 Å². The van der Waals surface area contributed by atoms with Gasteiger partial charge < -0.3 is 15.4 Å². The van der Waals surface area contributed by atoms with E-state index in [1.54, 1.807) is 7.11 Å². The standard InChI is InChI=1S/C14H24N2O3/c1-19-8-7-15-13(17)11-9-12(11)14(18)16-10-5-3-2-4-6-10/h10-12H,2-9H2,1H3,(H,15,17)(H,16,18). The average molecular weight is 268 g/mol. The van der Waals surface area contributed by atoms with Gasteiger partial charge in [-0.25, -0.2) is 0 Å². The van der Waals surface area contributed by atoms with E-state index >= 15 is 0 Å². The average Bonchev–Trinajstić information content (AvgIpc) is 3.20. The lowest BCUT2D eigenvalue weighted by Crippen LogP contribution is -2.38. The molecule has 5 heteroatoms. The molecule has 2 aliphatic carbocycles. The van der Waals surface area contributed by atoms with Crippen molar-refractivity contribution in [3.63, 3.8) is 0 Å². The number of methoxy groups -OCH3 is 1. The van der Waals surface area contributed by atoms with Crippen LogP contribution in [0.2, 0.25) is 0 Å². The smallest absolute Gasteiger partial charge is 0.224 e. The zero-order valence-corrected chi connectivity index (χ0v) is 11.6. The Morgan fingerprint density at radius 3 is 2.47 bits per heavy atom. The fourth-order valence-corrected chi connectivity index (χ4v) is 2.74. The number of carbonyl (C=O) groups is 2. The van der Waals surface area contributed by atoms with Gasteiger partial charge in [-0.1, -0.05) is 19.3 Å². The fraction of sp³-hybridized carbons (Fsp3) is 0.857. The van der Waals surface area contributed by atoms with Crippen molar-refractivity contribution in [1.29, 1.82) is 0 Å².